The predicted octanol–water partition coefficient (Wildman–Crippen LogP) is 3.87. The number of nitrogens with one attached hydrogen (secondary N) is 1. The van der Waals surface area contributed by atoms with Crippen molar-refractivity contribution in [3.63, 3.8) is 0 Å². The lowest BCUT2D eigenvalue weighted by Gasteiger charge is -2.13. The molecule has 0 amide bonds. The molecule has 0 aliphatic heterocycles. The third kappa shape index (κ3) is 3.89. The number of halogens is 1. The third-order valence-corrected chi connectivity index (χ3v) is 6.00. The molecule has 0 fully saturated rings. The zero-order chi connectivity index (χ0) is 21.3. The van der Waals surface area contributed by atoms with E-state index in [1.807, 2.05) is 0 Å². The Balaban J connectivity index is 1.72. The highest BCUT2D eigenvalue weighted by atomic mass is 35.5. The minimum absolute atomic E-state index is 0.0865. The molecule has 2 aromatic carbocycles. The Bertz CT molecular complexity index is 1320. The Labute approximate surface area is 178 Å². The molecular weight excluding hydrogens is 428 g/mol. The Hall–Kier alpha value is -3.30. The summed E-state index contributed by atoms with van der Waals surface area (Å²) in [5.41, 5.74) is 2.22. The molecule has 0 saturated heterocycles. The van der Waals surface area contributed by atoms with Crippen LogP contribution in [0.4, 0.5) is 5.69 Å². The highest BCUT2D eigenvalue weighted by Gasteiger charge is 2.18. The van der Waals surface area contributed by atoms with E-state index in [0.29, 0.717) is 33.6 Å². The van der Waals surface area contributed by atoms with Crippen LogP contribution in [0.2, 0.25) is 5.02 Å². The van der Waals surface area contributed by atoms with Gasteiger partial charge >= 0.3 is 0 Å². The van der Waals surface area contributed by atoms with Gasteiger partial charge in [0.1, 0.15) is 5.75 Å². The summed E-state index contributed by atoms with van der Waals surface area (Å²) in [7, 11) is -0.834. The summed E-state index contributed by atoms with van der Waals surface area (Å²) in [6.07, 6.45) is 1.73. The number of rotatable bonds is 6. The molecule has 30 heavy (non-hydrogen) atoms. The van der Waals surface area contributed by atoms with Gasteiger partial charge in [0.25, 0.3) is 10.0 Å². The number of hydrogen-bond acceptors (Lipinski definition) is 6. The van der Waals surface area contributed by atoms with E-state index in [9.17, 15) is 8.42 Å². The summed E-state index contributed by atoms with van der Waals surface area (Å²) in [5.74, 6) is 0.831. The van der Waals surface area contributed by atoms with Crippen molar-refractivity contribution < 1.29 is 17.9 Å². The average molecular weight is 445 g/mol. The fourth-order valence-corrected chi connectivity index (χ4v) is 4.06. The SMILES string of the molecule is COc1ccc2nc(-c3ccc(OC)c(NS(=O)(=O)c4ccc(Cl)cc4)c3)cn2n1. The van der Waals surface area contributed by atoms with Gasteiger partial charge in [-0.2, -0.15) is 0 Å². The second-order valence-corrected chi connectivity index (χ2v) is 8.40. The second-order valence-electron chi connectivity index (χ2n) is 6.28. The normalized spacial score (nSPS) is 11.4. The molecule has 154 valence electrons. The van der Waals surface area contributed by atoms with Crippen molar-refractivity contribution in [3.8, 4) is 22.9 Å². The summed E-state index contributed by atoms with van der Waals surface area (Å²) in [6, 6.07) is 14.5. The quantitative estimate of drug-likeness (QED) is 0.485. The van der Waals surface area contributed by atoms with Crippen LogP contribution in [0.15, 0.2) is 65.7 Å². The number of fused-ring (bicyclic) bond motifs is 1. The van der Waals surface area contributed by atoms with Crippen molar-refractivity contribution in [3.05, 3.63) is 65.8 Å². The van der Waals surface area contributed by atoms with Gasteiger partial charge in [0, 0.05) is 16.7 Å². The Kier molecular flexibility index (Phi) is 5.23. The lowest BCUT2D eigenvalue weighted by molar-refractivity contribution is 0.390. The van der Waals surface area contributed by atoms with Gasteiger partial charge in [-0.1, -0.05) is 11.6 Å². The maximum absolute atomic E-state index is 12.8. The van der Waals surface area contributed by atoms with E-state index in [-0.39, 0.29) is 10.6 Å². The van der Waals surface area contributed by atoms with E-state index in [2.05, 4.69) is 14.8 Å². The topological polar surface area (TPSA) is 94.8 Å². The Morgan fingerprint density at radius 3 is 2.47 bits per heavy atom. The van der Waals surface area contributed by atoms with Crippen LogP contribution >= 0.6 is 11.6 Å². The van der Waals surface area contributed by atoms with Gasteiger partial charge in [0.05, 0.1) is 36.7 Å². The average Bonchev–Trinajstić information content (AvgIpc) is 3.17. The molecule has 0 bridgehead atoms. The minimum Gasteiger partial charge on any atom is -0.495 e. The summed E-state index contributed by atoms with van der Waals surface area (Å²) < 4.78 is 40.2. The number of nitrogens with zero attached hydrogens (tertiary/aromatic N) is 3. The van der Waals surface area contributed by atoms with Crippen LogP contribution in [-0.2, 0) is 10.0 Å². The molecule has 0 saturated carbocycles. The molecule has 0 unspecified atom stereocenters. The number of anilines is 1. The van der Waals surface area contributed by atoms with Crippen LogP contribution in [0.1, 0.15) is 0 Å². The molecule has 4 aromatic rings. The van der Waals surface area contributed by atoms with Gasteiger partial charge in [0.15, 0.2) is 5.65 Å². The molecule has 2 heterocycles. The van der Waals surface area contributed by atoms with Crippen LogP contribution in [0.3, 0.4) is 0 Å². The summed E-state index contributed by atoms with van der Waals surface area (Å²) in [6.45, 7) is 0. The van der Waals surface area contributed by atoms with Gasteiger partial charge in [0.2, 0.25) is 5.88 Å². The molecular formula is C20H17ClN4O4S. The number of hydrogen-bond donors (Lipinski definition) is 1. The molecule has 1 N–H and O–H groups in total. The number of benzene rings is 2. The lowest BCUT2D eigenvalue weighted by Crippen LogP contribution is -2.13. The first-order chi connectivity index (χ1) is 14.4. The molecule has 0 aliphatic rings. The van der Waals surface area contributed by atoms with Crippen LogP contribution in [-0.4, -0.2) is 37.2 Å². The molecule has 10 heteroatoms. The lowest BCUT2D eigenvalue weighted by atomic mass is 10.1. The number of ether oxygens (including phenoxy) is 2. The fourth-order valence-electron chi connectivity index (χ4n) is 2.88. The van der Waals surface area contributed by atoms with Crippen molar-refractivity contribution in [2.75, 3.05) is 18.9 Å². The van der Waals surface area contributed by atoms with E-state index in [0.717, 1.165) is 0 Å². The number of aromatic nitrogens is 3. The van der Waals surface area contributed by atoms with Crippen LogP contribution in [0, 0.1) is 0 Å². The first kappa shape index (κ1) is 20.0. The molecule has 2 aromatic heterocycles. The first-order valence-electron chi connectivity index (χ1n) is 8.77. The van der Waals surface area contributed by atoms with Crippen molar-refractivity contribution in [1.29, 1.82) is 0 Å². The molecule has 0 aliphatic carbocycles. The van der Waals surface area contributed by atoms with Gasteiger partial charge in [-0.25, -0.2) is 17.9 Å². The highest BCUT2D eigenvalue weighted by molar-refractivity contribution is 7.92. The molecule has 0 spiro atoms. The van der Waals surface area contributed by atoms with Crippen molar-refractivity contribution in [1.82, 2.24) is 14.6 Å². The first-order valence-corrected chi connectivity index (χ1v) is 10.6. The van der Waals surface area contributed by atoms with E-state index >= 15 is 0 Å². The van der Waals surface area contributed by atoms with Gasteiger partial charge in [-0.05, 0) is 48.5 Å². The number of sulfonamides is 1. The number of methoxy groups -OCH3 is 2. The van der Waals surface area contributed by atoms with E-state index in [1.54, 1.807) is 41.0 Å². The Morgan fingerprint density at radius 2 is 1.77 bits per heavy atom. The van der Waals surface area contributed by atoms with Crippen LogP contribution in [0.25, 0.3) is 16.9 Å². The molecule has 0 radical (unpaired) electrons. The zero-order valence-corrected chi connectivity index (χ0v) is 17.6. The van der Waals surface area contributed by atoms with Crippen LogP contribution in [0.5, 0.6) is 11.6 Å². The van der Waals surface area contributed by atoms with Gasteiger partial charge in [-0.3, -0.25) is 4.72 Å². The second kappa shape index (κ2) is 7.85. The molecule has 4 rings (SSSR count). The minimum atomic E-state index is -3.84. The summed E-state index contributed by atoms with van der Waals surface area (Å²) in [4.78, 5) is 4.62. The maximum Gasteiger partial charge on any atom is 0.262 e. The smallest absolute Gasteiger partial charge is 0.262 e. The largest absolute Gasteiger partial charge is 0.495 e. The summed E-state index contributed by atoms with van der Waals surface area (Å²) >= 11 is 5.85. The van der Waals surface area contributed by atoms with Crippen LogP contribution < -0.4 is 14.2 Å². The number of imidazole rings is 1. The van der Waals surface area contributed by atoms with Gasteiger partial charge < -0.3 is 9.47 Å². The highest BCUT2D eigenvalue weighted by Crippen LogP contribution is 2.32. The van der Waals surface area contributed by atoms with Crippen molar-refractivity contribution in [2.45, 2.75) is 4.90 Å². The monoisotopic (exact) mass is 444 g/mol. The van der Waals surface area contributed by atoms with Gasteiger partial charge in [-0.15, -0.1) is 5.10 Å². The standard InChI is InChI=1S/C20H17ClN4O4S/c1-28-18-8-3-13(17-12-25-19(22-17)9-10-20(23-25)29-2)11-16(18)24-30(26,27)15-6-4-14(21)5-7-15/h3-12,24H,1-2H3. The van der Waals surface area contributed by atoms with E-state index in [4.69, 9.17) is 21.1 Å². The van der Waals surface area contributed by atoms with Crippen molar-refractivity contribution >= 4 is 33.0 Å². The van der Waals surface area contributed by atoms with E-state index < -0.39 is 10.0 Å². The predicted molar refractivity (Wildman–Crippen MR) is 114 cm³/mol. The zero-order valence-electron chi connectivity index (χ0n) is 16.0. The third-order valence-electron chi connectivity index (χ3n) is 4.37. The molecule has 8 nitrogen and oxygen atoms in total. The maximum atomic E-state index is 12.8. The Morgan fingerprint density at radius 1 is 1.00 bits per heavy atom. The molecule has 0 atom stereocenters. The van der Waals surface area contributed by atoms with E-state index in [1.165, 1.54) is 38.5 Å². The summed E-state index contributed by atoms with van der Waals surface area (Å²) in [5, 5.41) is 4.74. The van der Waals surface area contributed by atoms with Crippen molar-refractivity contribution in [2.24, 2.45) is 0 Å². The fraction of sp³-hybridized carbons (Fsp3) is 0.100.